The highest BCUT2D eigenvalue weighted by Gasteiger charge is 1.94. The molecule has 0 saturated heterocycles. The van der Waals surface area contributed by atoms with E-state index < -0.39 is 0 Å². The molecule has 1 heteroatoms. The number of hydrogen-bond donors (Lipinski definition) is 1. The Labute approximate surface area is 87.5 Å². The van der Waals surface area contributed by atoms with Gasteiger partial charge in [0.15, 0.2) is 0 Å². The van der Waals surface area contributed by atoms with Crippen LogP contribution in [0, 0.1) is 0 Å². The zero-order valence-electron chi connectivity index (χ0n) is 8.34. The van der Waals surface area contributed by atoms with Gasteiger partial charge >= 0.3 is 0 Å². The second kappa shape index (κ2) is 7.25. The molecule has 0 heterocycles. The predicted octanol–water partition coefficient (Wildman–Crippen LogP) is 4.49. The van der Waals surface area contributed by atoms with E-state index in [1.807, 2.05) is 0 Å². The van der Waals surface area contributed by atoms with Crippen LogP contribution >= 0.6 is 12.6 Å². The summed E-state index contributed by atoms with van der Waals surface area (Å²) in [4.78, 5) is 1.23. The maximum Gasteiger partial charge on any atom is -0.0184 e. The summed E-state index contributed by atoms with van der Waals surface area (Å²) in [7, 11) is 0. The third-order valence-electron chi connectivity index (χ3n) is 2.48. The Morgan fingerprint density at radius 3 is 2.46 bits per heavy atom. The lowest BCUT2D eigenvalue weighted by atomic mass is 10.1. The number of thiol groups is 1. The van der Waals surface area contributed by atoms with Crippen molar-refractivity contribution in [2.75, 3.05) is 0 Å². The van der Waals surface area contributed by atoms with E-state index in [9.17, 15) is 0 Å². The lowest BCUT2D eigenvalue weighted by molar-refractivity contribution is 0.598. The average molecular weight is 196 g/mol. The molecule has 74 valence electrons. The van der Waals surface area contributed by atoms with Crippen molar-refractivity contribution in [3.63, 3.8) is 0 Å². The molecule has 13 heavy (non-hydrogen) atoms. The van der Waals surface area contributed by atoms with Crippen LogP contribution in [0.2, 0.25) is 0 Å². The Morgan fingerprint density at radius 1 is 0.923 bits per heavy atom. The van der Waals surface area contributed by atoms with Gasteiger partial charge in [0.25, 0.3) is 0 Å². The molecule has 0 aromatic heterocycles. The number of allylic oxidation sites excluding steroid dienone is 4. The molecule has 0 saturated carbocycles. The fraction of sp³-hybridized carbons (Fsp3) is 0.667. The Bertz CT molecular complexity index is 180. The zero-order chi connectivity index (χ0) is 9.36. The van der Waals surface area contributed by atoms with E-state index in [0.29, 0.717) is 0 Å². The van der Waals surface area contributed by atoms with Crippen molar-refractivity contribution < 1.29 is 0 Å². The molecule has 0 radical (unpaired) electrons. The molecular formula is C12H20S. The Balaban J connectivity index is 2.34. The van der Waals surface area contributed by atoms with E-state index in [0.717, 1.165) is 6.42 Å². The highest BCUT2D eigenvalue weighted by atomic mass is 32.1. The summed E-state index contributed by atoms with van der Waals surface area (Å²) in [6.07, 6.45) is 17.2. The lowest BCUT2D eigenvalue weighted by Crippen LogP contribution is -1.82. The maximum absolute atomic E-state index is 4.43. The largest absolute Gasteiger partial charge is 0.148 e. The third kappa shape index (κ3) is 5.98. The zero-order valence-corrected chi connectivity index (χ0v) is 9.23. The smallest absolute Gasteiger partial charge is 0.0184 e. The van der Waals surface area contributed by atoms with Gasteiger partial charge in [-0.25, -0.2) is 0 Å². The van der Waals surface area contributed by atoms with Gasteiger partial charge in [0.05, 0.1) is 0 Å². The predicted molar refractivity (Wildman–Crippen MR) is 63.1 cm³/mol. The van der Waals surface area contributed by atoms with E-state index in [1.165, 1.54) is 49.9 Å². The molecule has 0 amide bonds. The van der Waals surface area contributed by atoms with Crippen molar-refractivity contribution in [1.82, 2.24) is 0 Å². The van der Waals surface area contributed by atoms with Crippen LogP contribution in [0.1, 0.15) is 51.4 Å². The Morgan fingerprint density at radius 2 is 1.62 bits per heavy atom. The summed E-state index contributed by atoms with van der Waals surface area (Å²) < 4.78 is 0. The summed E-state index contributed by atoms with van der Waals surface area (Å²) >= 11 is 4.43. The molecule has 0 unspecified atom stereocenters. The van der Waals surface area contributed by atoms with E-state index in [1.54, 1.807) is 0 Å². The summed E-state index contributed by atoms with van der Waals surface area (Å²) in [6, 6.07) is 0. The molecule has 0 N–H and O–H groups in total. The first-order chi connectivity index (χ1) is 6.39. The van der Waals surface area contributed by atoms with Gasteiger partial charge in [-0.3, -0.25) is 0 Å². The first-order valence-corrected chi connectivity index (χ1v) is 5.89. The highest BCUT2D eigenvalue weighted by Crippen LogP contribution is 2.15. The monoisotopic (exact) mass is 196 g/mol. The van der Waals surface area contributed by atoms with Gasteiger partial charge in [0.1, 0.15) is 0 Å². The van der Waals surface area contributed by atoms with Crippen LogP contribution in [0.15, 0.2) is 23.1 Å². The van der Waals surface area contributed by atoms with Crippen LogP contribution in [0.5, 0.6) is 0 Å². The van der Waals surface area contributed by atoms with Gasteiger partial charge in [-0.15, -0.1) is 12.6 Å². The SMILES string of the molecule is S/C1=C/C=C\CCCCCCCC1. The average Bonchev–Trinajstić information content (AvgIpc) is 2.11. The van der Waals surface area contributed by atoms with Gasteiger partial charge in [0, 0.05) is 0 Å². The van der Waals surface area contributed by atoms with Crippen molar-refractivity contribution >= 4 is 12.6 Å². The molecule has 0 bridgehead atoms. The highest BCUT2D eigenvalue weighted by molar-refractivity contribution is 7.84. The van der Waals surface area contributed by atoms with Crippen LogP contribution in [-0.4, -0.2) is 0 Å². The summed E-state index contributed by atoms with van der Waals surface area (Å²) in [5.74, 6) is 0. The number of rotatable bonds is 0. The first-order valence-electron chi connectivity index (χ1n) is 5.44. The van der Waals surface area contributed by atoms with Crippen molar-refractivity contribution in [2.24, 2.45) is 0 Å². The van der Waals surface area contributed by atoms with Crippen molar-refractivity contribution in [3.8, 4) is 0 Å². The molecule has 0 spiro atoms. The molecule has 1 rings (SSSR count). The minimum absolute atomic E-state index is 1.16. The van der Waals surface area contributed by atoms with Crippen molar-refractivity contribution in [2.45, 2.75) is 51.4 Å². The molecule has 1 aliphatic carbocycles. The van der Waals surface area contributed by atoms with Crippen LogP contribution < -0.4 is 0 Å². The molecule has 0 aromatic carbocycles. The minimum atomic E-state index is 1.16. The third-order valence-corrected chi connectivity index (χ3v) is 2.85. The van der Waals surface area contributed by atoms with E-state index in [4.69, 9.17) is 0 Å². The molecule has 0 atom stereocenters. The molecule has 1 aliphatic rings. The van der Waals surface area contributed by atoms with Gasteiger partial charge < -0.3 is 0 Å². The van der Waals surface area contributed by atoms with Gasteiger partial charge in [0.2, 0.25) is 0 Å². The molecule has 0 nitrogen and oxygen atoms in total. The minimum Gasteiger partial charge on any atom is -0.148 e. The van der Waals surface area contributed by atoms with E-state index >= 15 is 0 Å². The Kier molecular flexibility index (Phi) is 6.09. The van der Waals surface area contributed by atoms with Crippen LogP contribution in [-0.2, 0) is 0 Å². The lowest BCUT2D eigenvalue weighted by Gasteiger charge is -2.02. The molecule has 0 aromatic rings. The van der Waals surface area contributed by atoms with E-state index in [2.05, 4.69) is 30.9 Å². The topological polar surface area (TPSA) is 0 Å². The normalized spacial score (nSPS) is 27.9. The second-order valence-corrected chi connectivity index (χ2v) is 4.32. The quantitative estimate of drug-likeness (QED) is 0.542. The van der Waals surface area contributed by atoms with Crippen molar-refractivity contribution in [1.29, 1.82) is 0 Å². The standard InChI is InChI=1S/C12H20S/c13-12-10-8-6-4-2-1-3-5-7-9-11-12/h6,8,10,13H,1-5,7,9,11H2/b8-6-,12-10+. The van der Waals surface area contributed by atoms with Crippen molar-refractivity contribution in [3.05, 3.63) is 23.1 Å². The van der Waals surface area contributed by atoms with E-state index in [-0.39, 0.29) is 0 Å². The fourth-order valence-corrected chi connectivity index (χ4v) is 1.88. The fourth-order valence-electron chi connectivity index (χ4n) is 1.63. The van der Waals surface area contributed by atoms with Gasteiger partial charge in [-0.05, 0) is 30.6 Å². The summed E-state index contributed by atoms with van der Waals surface area (Å²) in [5.41, 5.74) is 0. The summed E-state index contributed by atoms with van der Waals surface area (Å²) in [6.45, 7) is 0. The molecule has 0 fully saturated rings. The van der Waals surface area contributed by atoms with Gasteiger partial charge in [-0.1, -0.05) is 43.9 Å². The second-order valence-electron chi connectivity index (χ2n) is 3.75. The van der Waals surface area contributed by atoms with Crippen LogP contribution in [0.4, 0.5) is 0 Å². The number of hydrogen-bond acceptors (Lipinski definition) is 1. The molecular weight excluding hydrogens is 176 g/mol. The van der Waals surface area contributed by atoms with Crippen LogP contribution in [0.3, 0.4) is 0 Å². The van der Waals surface area contributed by atoms with Crippen LogP contribution in [0.25, 0.3) is 0 Å². The molecule has 0 aliphatic heterocycles. The Hall–Kier alpha value is -0.170. The first kappa shape index (κ1) is 10.9. The maximum atomic E-state index is 4.43. The summed E-state index contributed by atoms with van der Waals surface area (Å²) in [5, 5.41) is 0. The van der Waals surface area contributed by atoms with Gasteiger partial charge in [-0.2, -0.15) is 0 Å².